The van der Waals surface area contributed by atoms with E-state index in [9.17, 15) is 27.1 Å². The van der Waals surface area contributed by atoms with Crippen LogP contribution in [0.25, 0.3) is 0 Å². The molecule has 2 saturated carbocycles. The van der Waals surface area contributed by atoms with Gasteiger partial charge in [0.05, 0.1) is 27.8 Å². The molecule has 1 N–H and O–H groups in total. The molecule has 2 aromatic carbocycles. The molecule has 184 valence electrons. The van der Waals surface area contributed by atoms with Crippen LogP contribution in [0.5, 0.6) is 0 Å². The van der Waals surface area contributed by atoms with Crippen molar-refractivity contribution in [2.75, 3.05) is 6.61 Å². The molecule has 0 radical (unpaired) electrons. The van der Waals surface area contributed by atoms with E-state index in [2.05, 4.69) is 0 Å². The Balaban J connectivity index is 1.73. The first-order valence-electron chi connectivity index (χ1n) is 11.7. The zero-order valence-electron chi connectivity index (χ0n) is 19.4. The van der Waals surface area contributed by atoms with E-state index in [1.165, 1.54) is 36.4 Å². The van der Waals surface area contributed by atoms with E-state index in [0.717, 1.165) is 18.9 Å². The molecule has 0 unspecified atom stereocenters. The van der Waals surface area contributed by atoms with Crippen LogP contribution in [-0.2, 0) is 30.4 Å². The summed E-state index contributed by atoms with van der Waals surface area (Å²) in [6, 6.07) is 9.31. The molecule has 4 rings (SSSR count). The second-order valence-corrected chi connectivity index (χ2v) is 12.4. The van der Waals surface area contributed by atoms with E-state index in [1.54, 1.807) is 13.8 Å². The summed E-state index contributed by atoms with van der Waals surface area (Å²) in [7, 11) is -3.71. The van der Waals surface area contributed by atoms with Crippen LogP contribution in [-0.4, -0.2) is 31.4 Å². The van der Waals surface area contributed by atoms with Crippen LogP contribution >= 0.6 is 0 Å². The van der Waals surface area contributed by atoms with Gasteiger partial charge in [0.2, 0.25) is 0 Å². The monoisotopic (exact) mass is 492 g/mol. The van der Waals surface area contributed by atoms with Crippen LogP contribution in [0.1, 0.15) is 63.5 Å². The first kappa shape index (κ1) is 24.8. The van der Waals surface area contributed by atoms with Gasteiger partial charge in [0.25, 0.3) is 0 Å². The highest BCUT2D eigenvalue weighted by molar-refractivity contribution is 7.92. The van der Waals surface area contributed by atoms with Crippen molar-refractivity contribution in [3.8, 4) is 0 Å². The Labute approximate surface area is 199 Å². The number of carboxylic acid groups (broad SMARTS) is 1. The maximum absolute atomic E-state index is 14.7. The molecular formula is C26H30F2O5S. The van der Waals surface area contributed by atoms with Gasteiger partial charge in [-0.2, -0.15) is 0 Å². The molecule has 0 atom stereocenters. The van der Waals surface area contributed by atoms with Crippen molar-refractivity contribution < 1.29 is 31.8 Å². The van der Waals surface area contributed by atoms with E-state index < -0.39 is 43.7 Å². The molecule has 0 heterocycles. The summed E-state index contributed by atoms with van der Waals surface area (Å²) in [6.45, 7) is 3.55. The van der Waals surface area contributed by atoms with Crippen molar-refractivity contribution in [1.82, 2.24) is 0 Å². The Morgan fingerprint density at radius 3 is 2.15 bits per heavy atom. The average molecular weight is 493 g/mol. The van der Waals surface area contributed by atoms with Gasteiger partial charge in [-0.1, -0.05) is 12.1 Å². The zero-order chi connectivity index (χ0) is 24.7. The van der Waals surface area contributed by atoms with Gasteiger partial charge in [-0.15, -0.1) is 0 Å². The lowest BCUT2D eigenvalue weighted by molar-refractivity contribution is -0.151. The Kier molecular flexibility index (Phi) is 6.59. The third-order valence-corrected chi connectivity index (χ3v) is 9.49. The van der Waals surface area contributed by atoms with Gasteiger partial charge < -0.3 is 9.84 Å². The minimum Gasteiger partial charge on any atom is -0.481 e. The number of carboxylic acids is 1. The van der Waals surface area contributed by atoms with Crippen LogP contribution in [0, 0.1) is 17.6 Å². The van der Waals surface area contributed by atoms with Crippen LogP contribution in [0.4, 0.5) is 8.78 Å². The molecule has 34 heavy (non-hydrogen) atoms. The summed E-state index contributed by atoms with van der Waals surface area (Å²) in [6.07, 6.45) is 3.02. The summed E-state index contributed by atoms with van der Waals surface area (Å²) in [5, 5.41) is 9.45. The fraction of sp³-hybridized carbons (Fsp3) is 0.500. The maximum atomic E-state index is 14.7. The van der Waals surface area contributed by atoms with E-state index in [4.69, 9.17) is 4.74 Å². The van der Waals surface area contributed by atoms with E-state index >= 15 is 0 Å². The number of ether oxygens (including phenoxy) is 1. The number of halogens is 2. The third-order valence-electron chi connectivity index (χ3n) is 7.36. The number of hydrogen-bond acceptors (Lipinski definition) is 4. The zero-order valence-corrected chi connectivity index (χ0v) is 20.2. The lowest BCUT2D eigenvalue weighted by Crippen LogP contribution is -2.46. The van der Waals surface area contributed by atoms with Crippen LogP contribution in [0.15, 0.2) is 47.4 Å². The molecule has 2 aromatic rings. The molecule has 0 amide bonds. The number of carbonyl (C=O) groups is 1. The van der Waals surface area contributed by atoms with E-state index in [0.29, 0.717) is 23.7 Å². The molecule has 0 spiro atoms. The lowest BCUT2D eigenvalue weighted by Gasteiger charge is -2.45. The summed E-state index contributed by atoms with van der Waals surface area (Å²) < 4.78 is 60.1. The topological polar surface area (TPSA) is 80.7 Å². The Bertz CT molecular complexity index is 1160. The highest BCUT2D eigenvalue weighted by Gasteiger charge is 2.50. The fourth-order valence-corrected chi connectivity index (χ4v) is 5.93. The van der Waals surface area contributed by atoms with Crippen molar-refractivity contribution >= 4 is 15.8 Å². The van der Waals surface area contributed by atoms with Gasteiger partial charge in [-0.25, -0.2) is 17.2 Å². The molecule has 8 heteroatoms. The quantitative estimate of drug-likeness (QED) is 0.536. The number of hydrogen-bond donors (Lipinski definition) is 1. The first-order chi connectivity index (χ1) is 16.0. The third kappa shape index (κ3) is 4.62. The van der Waals surface area contributed by atoms with Crippen molar-refractivity contribution in [2.45, 2.75) is 73.5 Å². The Morgan fingerprint density at radius 2 is 1.62 bits per heavy atom. The van der Waals surface area contributed by atoms with Crippen LogP contribution in [0.2, 0.25) is 0 Å². The normalized spacial score (nSPS) is 25.4. The van der Waals surface area contributed by atoms with Crippen molar-refractivity contribution in [1.29, 1.82) is 0 Å². The minimum atomic E-state index is -3.71. The molecule has 0 aliphatic heterocycles. The number of rotatable bonds is 8. The van der Waals surface area contributed by atoms with Gasteiger partial charge >= 0.3 is 5.97 Å². The molecule has 0 aromatic heterocycles. The molecule has 2 fully saturated rings. The van der Waals surface area contributed by atoms with Gasteiger partial charge in [-0.3, -0.25) is 4.79 Å². The second kappa shape index (κ2) is 9.04. The lowest BCUT2D eigenvalue weighted by atomic mass is 9.63. The van der Waals surface area contributed by atoms with Gasteiger partial charge in [0.1, 0.15) is 11.6 Å². The minimum absolute atomic E-state index is 0.0968. The molecule has 0 bridgehead atoms. The van der Waals surface area contributed by atoms with Gasteiger partial charge in [-0.05, 0) is 99.7 Å². The van der Waals surface area contributed by atoms with E-state index in [-0.39, 0.29) is 30.6 Å². The SMILES string of the molecule is CC(C)S(=O)(=O)c1cc(F)cc([C@]2(OCC3CC3)CC[C@@](C(=O)O)(c3ccc(F)cc3)CC2)c1. The van der Waals surface area contributed by atoms with Gasteiger partial charge in [0, 0.05) is 0 Å². The van der Waals surface area contributed by atoms with Gasteiger partial charge in [0.15, 0.2) is 9.84 Å². The predicted molar refractivity (Wildman–Crippen MR) is 123 cm³/mol. The number of aliphatic carboxylic acids is 1. The Morgan fingerprint density at radius 1 is 1.00 bits per heavy atom. The first-order valence-corrected chi connectivity index (χ1v) is 13.2. The summed E-state index contributed by atoms with van der Waals surface area (Å²) in [5.74, 6) is -1.70. The molecule has 0 saturated heterocycles. The highest BCUT2D eigenvalue weighted by atomic mass is 32.2. The summed E-state index contributed by atoms with van der Waals surface area (Å²) in [5.41, 5.74) is -1.28. The number of benzene rings is 2. The largest absolute Gasteiger partial charge is 0.481 e. The Hall–Kier alpha value is -2.32. The second-order valence-electron chi connectivity index (χ2n) is 9.91. The number of sulfone groups is 1. The highest BCUT2D eigenvalue weighted by Crippen LogP contribution is 2.50. The van der Waals surface area contributed by atoms with E-state index in [1.807, 2.05) is 0 Å². The maximum Gasteiger partial charge on any atom is 0.314 e. The molecule has 2 aliphatic rings. The van der Waals surface area contributed by atoms with Crippen molar-refractivity contribution in [3.05, 3.63) is 65.2 Å². The van der Waals surface area contributed by atoms with Crippen LogP contribution < -0.4 is 0 Å². The average Bonchev–Trinajstić information content (AvgIpc) is 3.62. The fourth-order valence-electron chi connectivity index (χ4n) is 4.82. The summed E-state index contributed by atoms with van der Waals surface area (Å²) in [4.78, 5) is 12.3. The van der Waals surface area contributed by atoms with Crippen molar-refractivity contribution in [3.63, 3.8) is 0 Å². The molecule has 2 aliphatic carbocycles. The predicted octanol–water partition coefficient (Wildman–Crippen LogP) is 5.37. The summed E-state index contributed by atoms with van der Waals surface area (Å²) >= 11 is 0. The standard InChI is InChI=1S/C26H30F2O5S/c1-17(2)34(31,32)23-14-20(13-22(28)15-23)26(33-16-18-3-4-18)11-9-25(10-12-26,24(29)30)19-5-7-21(27)8-6-19/h5-8,13-15,17-18H,3-4,9-12,16H2,1-2H3,(H,29,30)/t25-,26-. The van der Waals surface area contributed by atoms with Crippen molar-refractivity contribution in [2.24, 2.45) is 5.92 Å². The smallest absolute Gasteiger partial charge is 0.314 e. The van der Waals surface area contributed by atoms with Crippen LogP contribution in [0.3, 0.4) is 0 Å². The molecule has 5 nitrogen and oxygen atoms in total. The molecular weight excluding hydrogens is 462 g/mol.